The van der Waals surface area contributed by atoms with Gasteiger partial charge in [0.1, 0.15) is 0 Å². The van der Waals surface area contributed by atoms with Crippen molar-refractivity contribution in [2.45, 2.75) is 46.6 Å². The van der Waals surface area contributed by atoms with Crippen LogP contribution in [0.15, 0.2) is 18.2 Å². The Bertz CT molecular complexity index is 414. The monoisotopic (exact) mass is 298 g/mol. The van der Waals surface area contributed by atoms with E-state index in [4.69, 9.17) is 5.73 Å². The summed E-state index contributed by atoms with van der Waals surface area (Å²) in [5.74, 6) is 0.181. The van der Waals surface area contributed by atoms with Crippen LogP contribution in [0.1, 0.15) is 37.0 Å². The van der Waals surface area contributed by atoms with Gasteiger partial charge < -0.3 is 11.1 Å². The summed E-state index contributed by atoms with van der Waals surface area (Å²) in [6.07, 6.45) is 1.78. The van der Waals surface area contributed by atoms with Gasteiger partial charge in [-0.15, -0.1) is 12.4 Å². The molecule has 0 heterocycles. The van der Waals surface area contributed by atoms with E-state index >= 15 is 0 Å². The van der Waals surface area contributed by atoms with E-state index in [1.165, 1.54) is 16.7 Å². The van der Waals surface area contributed by atoms with Gasteiger partial charge in [-0.25, -0.2) is 0 Å². The molecule has 20 heavy (non-hydrogen) atoms. The first-order valence-electron chi connectivity index (χ1n) is 7.05. The lowest BCUT2D eigenvalue weighted by atomic mass is 9.98. The van der Waals surface area contributed by atoms with Crippen molar-refractivity contribution >= 4 is 18.3 Å². The van der Waals surface area contributed by atoms with Crippen LogP contribution in [0.5, 0.6) is 0 Å². The van der Waals surface area contributed by atoms with E-state index < -0.39 is 6.04 Å². The predicted octanol–water partition coefficient (Wildman–Crippen LogP) is 2.76. The van der Waals surface area contributed by atoms with Crippen molar-refractivity contribution in [2.24, 2.45) is 11.7 Å². The second-order valence-electron chi connectivity index (χ2n) is 5.32. The number of rotatable bonds is 6. The number of hydrogen-bond acceptors (Lipinski definition) is 2. The van der Waals surface area contributed by atoms with Crippen LogP contribution >= 0.6 is 12.4 Å². The average Bonchev–Trinajstić information content (AvgIpc) is 2.40. The zero-order valence-corrected chi connectivity index (χ0v) is 13.7. The SMILES string of the molecule is CCC(C)C(N)C(=O)NCCc1c(C)cccc1C.Cl. The average molecular weight is 299 g/mol. The van der Waals surface area contributed by atoms with Gasteiger partial charge in [0.2, 0.25) is 5.91 Å². The quantitative estimate of drug-likeness (QED) is 0.848. The molecule has 0 bridgehead atoms. The molecule has 0 aliphatic rings. The second kappa shape index (κ2) is 8.98. The maximum Gasteiger partial charge on any atom is 0.237 e. The molecule has 0 aromatic heterocycles. The molecule has 2 unspecified atom stereocenters. The highest BCUT2D eigenvalue weighted by Crippen LogP contribution is 2.13. The first kappa shape index (κ1) is 18.9. The van der Waals surface area contributed by atoms with Gasteiger partial charge in [0, 0.05) is 6.54 Å². The fraction of sp³-hybridized carbons (Fsp3) is 0.562. The highest BCUT2D eigenvalue weighted by Gasteiger charge is 2.18. The Balaban J connectivity index is 0.00000361. The van der Waals surface area contributed by atoms with Crippen molar-refractivity contribution < 1.29 is 4.79 Å². The second-order valence-corrected chi connectivity index (χ2v) is 5.32. The summed E-state index contributed by atoms with van der Waals surface area (Å²) >= 11 is 0. The number of aryl methyl sites for hydroxylation is 2. The normalized spacial score (nSPS) is 13.2. The molecule has 0 aliphatic heterocycles. The number of benzene rings is 1. The summed E-state index contributed by atoms with van der Waals surface area (Å²) in [5.41, 5.74) is 9.77. The van der Waals surface area contributed by atoms with Crippen molar-refractivity contribution in [1.82, 2.24) is 5.32 Å². The summed E-state index contributed by atoms with van der Waals surface area (Å²) in [6, 6.07) is 5.87. The molecule has 0 spiro atoms. The Hall–Kier alpha value is -1.06. The van der Waals surface area contributed by atoms with Crippen LogP contribution in [0, 0.1) is 19.8 Å². The molecule has 3 N–H and O–H groups in total. The molecule has 0 saturated carbocycles. The van der Waals surface area contributed by atoms with Gasteiger partial charge in [-0.2, -0.15) is 0 Å². The van der Waals surface area contributed by atoms with E-state index in [2.05, 4.69) is 44.3 Å². The van der Waals surface area contributed by atoms with Gasteiger partial charge in [0.15, 0.2) is 0 Å². The fourth-order valence-corrected chi connectivity index (χ4v) is 2.18. The molecule has 1 aromatic rings. The van der Waals surface area contributed by atoms with E-state index in [9.17, 15) is 4.79 Å². The van der Waals surface area contributed by atoms with Crippen LogP contribution in [-0.2, 0) is 11.2 Å². The fourth-order valence-electron chi connectivity index (χ4n) is 2.18. The first-order valence-corrected chi connectivity index (χ1v) is 7.05. The third kappa shape index (κ3) is 5.14. The predicted molar refractivity (Wildman–Crippen MR) is 87.3 cm³/mol. The minimum Gasteiger partial charge on any atom is -0.354 e. The molecule has 3 nitrogen and oxygen atoms in total. The van der Waals surface area contributed by atoms with E-state index in [1.54, 1.807) is 0 Å². The lowest BCUT2D eigenvalue weighted by Gasteiger charge is -2.18. The van der Waals surface area contributed by atoms with Crippen LogP contribution in [0.2, 0.25) is 0 Å². The summed E-state index contributed by atoms with van der Waals surface area (Å²) in [6.45, 7) is 8.92. The highest BCUT2D eigenvalue weighted by molar-refractivity contribution is 5.85. The van der Waals surface area contributed by atoms with E-state index in [0.717, 1.165) is 12.8 Å². The van der Waals surface area contributed by atoms with Crippen LogP contribution in [0.3, 0.4) is 0 Å². The maximum atomic E-state index is 11.9. The number of amides is 1. The van der Waals surface area contributed by atoms with E-state index in [1.807, 2.05) is 6.92 Å². The number of halogens is 1. The summed E-state index contributed by atoms with van der Waals surface area (Å²) in [4.78, 5) is 11.9. The van der Waals surface area contributed by atoms with Crippen LogP contribution in [0.25, 0.3) is 0 Å². The minimum atomic E-state index is -0.400. The number of carbonyl (C=O) groups excluding carboxylic acids is 1. The molecular weight excluding hydrogens is 272 g/mol. The zero-order chi connectivity index (χ0) is 14.4. The van der Waals surface area contributed by atoms with Crippen molar-refractivity contribution in [2.75, 3.05) is 6.54 Å². The highest BCUT2D eigenvalue weighted by atomic mass is 35.5. The molecule has 1 aromatic carbocycles. The van der Waals surface area contributed by atoms with Gasteiger partial charge >= 0.3 is 0 Å². The zero-order valence-electron chi connectivity index (χ0n) is 12.9. The Morgan fingerprint density at radius 1 is 1.30 bits per heavy atom. The van der Waals surface area contributed by atoms with Crippen molar-refractivity contribution in [3.63, 3.8) is 0 Å². The Morgan fingerprint density at radius 3 is 2.35 bits per heavy atom. The summed E-state index contributed by atoms with van der Waals surface area (Å²) < 4.78 is 0. The molecule has 114 valence electrons. The van der Waals surface area contributed by atoms with E-state index in [0.29, 0.717) is 6.54 Å². The van der Waals surface area contributed by atoms with Gasteiger partial charge in [-0.3, -0.25) is 4.79 Å². The molecule has 0 aliphatic carbocycles. The van der Waals surface area contributed by atoms with Gasteiger partial charge in [-0.1, -0.05) is 38.5 Å². The molecule has 1 amide bonds. The van der Waals surface area contributed by atoms with Crippen LogP contribution in [-0.4, -0.2) is 18.5 Å². The minimum absolute atomic E-state index is 0. The molecule has 1 rings (SSSR count). The maximum absolute atomic E-state index is 11.9. The Kier molecular flexibility index (Phi) is 8.51. The number of nitrogens with two attached hydrogens (primary N) is 1. The third-order valence-electron chi connectivity index (χ3n) is 3.88. The smallest absolute Gasteiger partial charge is 0.237 e. The largest absolute Gasteiger partial charge is 0.354 e. The number of hydrogen-bond donors (Lipinski definition) is 2. The van der Waals surface area contributed by atoms with Crippen molar-refractivity contribution in [3.05, 3.63) is 34.9 Å². The lowest BCUT2D eigenvalue weighted by molar-refractivity contribution is -0.123. The van der Waals surface area contributed by atoms with E-state index in [-0.39, 0.29) is 24.2 Å². The summed E-state index contributed by atoms with van der Waals surface area (Å²) in [7, 11) is 0. The lowest BCUT2D eigenvalue weighted by Crippen LogP contribution is -2.45. The van der Waals surface area contributed by atoms with Crippen LogP contribution < -0.4 is 11.1 Å². The Morgan fingerprint density at radius 2 is 1.85 bits per heavy atom. The molecular formula is C16H27ClN2O. The topological polar surface area (TPSA) is 55.1 Å². The Labute approximate surface area is 128 Å². The molecule has 0 saturated heterocycles. The molecule has 0 fully saturated rings. The number of carbonyl (C=O) groups is 1. The standard InChI is InChI=1S/C16H26N2O.ClH/c1-5-11(2)15(17)16(19)18-10-9-14-12(3)7-6-8-13(14)4;/h6-8,11,15H,5,9-10,17H2,1-4H3,(H,18,19);1H. The van der Waals surface area contributed by atoms with Crippen molar-refractivity contribution in [1.29, 1.82) is 0 Å². The van der Waals surface area contributed by atoms with Gasteiger partial charge in [0.05, 0.1) is 6.04 Å². The molecule has 0 radical (unpaired) electrons. The van der Waals surface area contributed by atoms with Gasteiger partial charge in [0.25, 0.3) is 0 Å². The van der Waals surface area contributed by atoms with Crippen molar-refractivity contribution in [3.8, 4) is 0 Å². The molecule has 2 atom stereocenters. The summed E-state index contributed by atoms with van der Waals surface area (Å²) in [5, 5.41) is 2.94. The van der Waals surface area contributed by atoms with Crippen LogP contribution in [0.4, 0.5) is 0 Å². The number of nitrogens with one attached hydrogen (secondary N) is 1. The molecule has 4 heteroatoms. The third-order valence-corrected chi connectivity index (χ3v) is 3.88. The first-order chi connectivity index (χ1) is 8.97. The van der Waals surface area contributed by atoms with Gasteiger partial charge in [-0.05, 0) is 42.9 Å².